The van der Waals surface area contributed by atoms with Crippen LogP contribution in [0, 0.1) is 11.8 Å². The second kappa shape index (κ2) is 5.25. The van der Waals surface area contributed by atoms with Gasteiger partial charge < -0.3 is 20.4 Å². The van der Waals surface area contributed by atoms with Crippen molar-refractivity contribution in [2.45, 2.75) is 18.9 Å². The van der Waals surface area contributed by atoms with E-state index < -0.39 is 6.10 Å². The topological polar surface area (TPSA) is 55.7 Å². The van der Waals surface area contributed by atoms with Gasteiger partial charge in [-0.25, -0.2) is 0 Å². The van der Waals surface area contributed by atoms with E-state index in [0.29, 0.717) is 6.54 Å². The number of aliphatic hydroxyl groups excluding tert-OH is 2. The average molecular weight is 214 g/mol. The van der Waals surface area contributed by atoms with Crippen LogP contribution in [0.1, 0.15) is 12.8 Å². The lowest BCUT2D eigenvalue weighted by atomic mass is 9.82. The fourth-order valence-corrected chi connectivity index (χ4v) is 2.64. The first kappa shape index (κ1) is 11.3. The number of aliphatic hydroxyl groups is 2. The largest absolute Gasteiger partial charge is 0.394 e. The molecule has 0 radical (unpaired) electrons. The Labute approximate surface area is 91.3 Å². The molecular formula is C11H22N2O2. The highest BCUT2D eigenvalue weighted by molar-refractivity contribution is 4.86. The number of nitrogens with one attached hydrogen (secondary N) is 1. The minimum absolute atomic E-state index is 0.119. The molecule has 0 amide bonds. The highest BCUT2D eigenvalue weighted by atomic mass is 16.3. The van der Waals surface area contributed by atoms with Crippen LogP contribution >= 0.6 is 0 Å². The van der Waals surface area contributed by atoms with Crippen molar-refractivity contribution in [3.8, 4) is 0 Å². The molecule has 4 heteroatoms. The third-order valence-corrected chi connectivity index (χ3v) is 3.70. The number of β-amino-alcohol motifs (C(OH)–C–C–N with tert-alkyl or cyclic N) is 1. The van der Waals surface area contributed by atoms with Crippen LogP contribution < -0.4 is 5.32 Å². The van der Waals surface area contributed by atoms with Crippen molar-refractivity contribution in [3.05, 3.63) is 0 Å². The number of piperidine rings is 1. The molecule has 0 saturated carbocycles. The predicted molar refractivity (Wildman–Crippen MR) is 58.6 cm³/mol. The van der Waals surface area contributed by atoms with Gasteiger partial charge in [0.05, 0.1) is 12.7 Å². The molecule has 0 aliphatic carbocycles. The molecule has 2 fully saturated rings. The van der Waals surface area contributed by atoms with Crippen molar-refractivity contribution >= 4 is 0 Å². The zero-order valence-corrected chi connectivity index (χ0v) is 9.23. The highest BCUT2D eigenvalue weighted by Gasteiger charge is 2.31. The fourth-order valence-electron chi connectivity index (χ4n) is 2.64. The highest BCUT2D eigenvalue weighted by Crippen LogP contribution is 2.26. The Morgan fingerprint density at radius 2 is 2.13 bits per heavy atom. The smallest absolute Gasteiger partial charge is 0.0897 e. The summed E-state index contributed by atoms with van der Waals surface area (Å²) < 4.78 is 0. The second-order valence-corrected chi connectivity index (χ2v) is 4.92. The maximum atomic E-state index is 9.40. The van der Waals surface area contributed by atoms with Crippen LogP contribution in [-0.2, 0) is 0 Å². The monoisotopic (exact) mass is 214 g/mol. The summed E-state index contributed by atoms with van der Waals surface area (Å²) in [6.07, 6.45) is 2.00. The molecular weight excluding hydrogens is 192 g/mol. The van der Waals surface area contributed by atoms with E-state index in [4.69, 9.17) is 5.11 Å². The Balaban J connectivity index is 1.76. The molecule has 2 aliphatic rings. The van der Waals surface area contributed by atoms with Gasteiger partial charge in [-0.3, -0.25) is 0 Å². The summed E-state index contributed by atoms with van der Waals surface area (Å²) in [4.78, 5) is 2.30. The van der Waals surface area contributed by atoms with E-state index in [2.05, 4.69) is 10.2 Å². The van der Waals surface area contributed by atoms with Gasteiger partial charge in [0.15, 0.2) is 0 Å². The van der Waals surface area contributed by atoms with Gasteiger partial charge in [-0.1, -0.05) is 0 Å². The predicted octanol–water partition coefficient (Wildman–Crippen LogP) is -0.729. The van der Waals surface area contributed by atoms with Gasteiger partial charge in [-0.2, -0.15) is 0 Å². The lowest BCUT2D eigenvalue weighted by molar-refractivity contribution is 0.0325. The molecule has 2 heterocycles. The van der Waals surface area contributed by atoms with E-state index in [1.807, 2.05) is 0 Å². The lowest BCUT2D eigenvalue weighted by Gasteiger charge is -2.41. The van der Waals surface area contributed by atoms with Gasteiger partial charge in [0.1, 0.15) is 0 Å². The summed E-state index contributed by atoms with van der Waals surface area (Å²) in [6.45, 7) is 5.03. The molecule has 2 rings (SSSR count). The quantitative estimate of drug-likeness (QED) is 0.577. The number of hydrogen-bond acceptors (Lipinski definition) is 4. The number of hydrogen-bond donors (Lipinski definition) is 3. The van der Waals surface area contributed by atoms with Gasteiger partial charge in [-0.05, 0) is 44.3 Å². The molecule has 0 spiro atoms. The van der Waals surface area contributed by atoms with E-state index in [-0.39, 0.29) is 6.61 Å². The second-order valence-electron chi connectivity index (χ2n) is 4.92. The van der Waals surface area contributed by atoms with Crippen LogP contribution in [0.4, 0.5) is 0 Å². The molecule has 0 aromatic heterocycles. The standard InChI is InChI=1S/C11H22N2O2/c14-8-11(15)7-13-3-1-2-9(6-13)10-4-12-5-10/h9-12,14-15H,1-8H2/t9-,11-/m0/s1. The van der Waals surface area contributed by atoms with Crippen LogP contribution in [0.2, 0.25) is 0 Å². The van der Waals surface area contributed by atoms with Crippen molar-refractivity contribution in [3.63, 3.8) is 0 Å². The Hall–Kier alpha value is -0.160. The summed E-state index contributed by atoms with van der Waals surface area (Å²) in [6, 6.07) is 0. The van der Waals surface area contributed by atoms with Crippen LogP contribution in [0.15, 0.2) is 0 Å². The molecule has 0 aromatic carbocycles. The third kappa shape index (κ3) is 2.91. The van der Waals surface area contributed by atoms with Gasteiger partial charge >= 0.3 is 0 Å². The van der Waals surface area contributed by atoms with E-state index in [1.54, 1.807) is 0 Å². The molecule has 0 aromatic rings. The van der Waals surface area contributed by atoms with E-state index in [1.165, 1.54) is 25.9 Å². The normalized spacial score (nSPS) is 31.2. The van der Waals surface area contributed by atoms with Crippen molar-refractivity contribution in [1.82, 2.24) is 10.2 Å². The van der Waals surface area contributed by atoms with Gasteiger partial charge in [0.2, 0.25) is 0 Å². The van der Waals surface area contributed by atoms with Gasteiger partial charge in [0, 0.05) is 13.1 Å². The lowest BCUT2D eigenvalue weighted by Crippen LogP contribution is -2.51. The molecule has 2 saturated heterocycles. The molecule has 2 aliphatic heterocycles. The molecule has 15 heavy (non-hydrogen) atoms. The van der Waals surface area contributed by atoms with Crippen molar-refractivity contribution in [2.75, 3.05) is 39.3 Å². The van der Waals surface area contributed by atoms with Crippen LogP contribution in [0.5, 0.6) is 0 Å². The summed E-state index contributed by atoms with van der Waals surface area (Å²) in [5.74, 6) is 1.64. The first-order valence-electron chi connectivity index (χ1n) is 6.01. The van der Waals surface area contributed by atoms with Gasteiger partial charge in [0.25, 0.3) is 0 Å². The Kier molecular flexibility index (Phi) is 3.97. The first-order valence-corrected chi connectivity index (χ1v) is 6.01. The zero-order chi connectivity index (χ0) is 10.7. The van der Waals surface area contributed by atoms with Crippen molar-refractivity contribution in [2.24, 2.45) is 11.8 Å². The van der Waals surface area contributed by atoms with Crippen LogP contribution in [0.25, 0.3) is 0 Å². The average Bonchev–Trinajstić information content (AvgIpc) is 2.15. The molecule has 0 unspecified atom stereocenters. The molecule has 0 bridgehead atoms. The maximum Gasteiger partial charge on any atom is 0.0897 e. The number of likely N-dealkylation sites (tertiary alicyclic amines) is 1. The first-order chi connectivity index (χ1) is 7.29. The minimum Gasteiger partial charge on any atom is -0.394 e. The molecule has 4 nitrogen and oxygen atoms in total. The number of rotatable bonds is 4. The minimum atomic E-state index is -0.566. The van der Waals surface area contributed by atoms with Gasteiger partial charge in [-0.15, -0.1) is 0 Å². The van der Waals surface area contributed by atoms with Crippen molar-refractivity contribution < 1.29 is 10.2 Å². The van der Waals surface area contributed by atoms with Crippen molar-refractivity contribution in [1.29, 1.82) is 0 Å². The van der Waals surface area contributed by atoms with Crippen LogP contribution in [0.3, 0.4) is 0 Å². The Morgan fingerprint density at radius 3 is 2.73 bits per heavy atom. The molecule has 88 valence electrons. The molecule has 2 atom stereocenters. The fraction of sp³-hybridized carbons (Fsp3) is 1.00. The summed E-state index contributed by atoms with van der Waals surface area (Å²) in [5.41, 5.74) is 0. The third-order valence-electron chi connectivity index (χ3n) is 3.70. The van der Waals surface area contributed by atoms with E-state index >= 15 is 0 Å². The Bertz CT molecular complexity index is 197. The number of nitrogens with zero attached hydrogens (tertiary/aromatic N) is 1. The van der Waals surface area contributed by atoms with E-state index in [0.717, 1.165) is 24.9 Å². The summed E-state index contributed by atoms with van der Waals surface area (Å²) in [7, 11) is 0. The van der Waals surface area contributed by atoms with Crippen LogP contribution in [-0.4, -0.2) is 60.5 Å². The summed E-state index contributed by atoms with van der Waals surface area (Å²) >= 11 is 0. The SMILES string of the molecule is OC[C@@H](O)CN1CCC[C@H](C2CNC2)C1. The summed E-state index contributed by atoms with van der Waals surface area (Å²) in [5, 5.41) is 21.5. The van der Waals surface area contributed by atoms with E-state index in [9.17, 15) is 5.11 Å². The molecule has 3 N–H and O–H groups in total. The maximum absolute atomic E-state index is 9.40. The Morgan fingerprint density at radius 1 is 1.33 bits per heavy atom. The zero-order valence-electron chi connectivity index (χ0n) is 9.23.